The number of rotatable bonds is 5. The highest BCUT2D eigenvalue weighted by atomic mass is 35.5. The lowest BCUT2D eigenvalue weighted by Gasteiger charge is -2.25. The molecule has 2 heterocycles. The molecule has 3 rings (SSSR count). The number of guanidine groups is 1. The van der Waals surface area contributed by atoms with Gasteiger partial charge in [-0.1, -0.05) is 23.7 Å². The van der Waals surface area contributed by atoms with Crippen molar-refractivity contribution in [3.05, 3.63) is 46.5 Å². The third kappa shape index (κ3) is 4.74. The van der Waals surface area contributed by atoms with Crippen molar-refractivity contribution in [2.75, 3.05) is 13.1 Å². The molecule has 1 aliphatic rings. The second-order valence-corrected chi connectivity index (χ2v) is 6.86. The Balaban J connectivity index is 1.61. The van der Waals surface area contributed by atoms with Crippen LogP contribution < -0.4 is 10.6 Å². The summed E-state index contributed by atoms with van der Waals surface area (Å²) in [6.07, 6.45) is 1.20. The molecule has 8 heteroatoms. The van der Waals surface area contributed by atoms with Crippen LogP contribution in [0.15, 0.2) is 29.3 Å². The molecule has 0 saturated carbocycles. The number of hydrogen-bond donors (Lipinski definition) is 3. The fraction of sp³-hybridized carbons (Fsp3) is 0.500. The maximum Gasteiger partial charge on any atom is 0.191 e. The van der Waals surface area contributed by atoms with E-state index in [1.807, 2.05) is 30.7 Å². The number of nitrogens with zero attached hydrogens (tertiary/aromatic N) is 4. The van der Waals surface area contributed by atoms with Crippen molar-refractivity contribution < 1.29 is 5.11 Å². The summed E-state index contributed by atoms with van der Waals surface area (Å²) in [7, 11) is 0. The standard InChI is InChI=1S/C18H25ClN6O/c1-3-20-18(21-10-16(26)13-4-6-14(19)7-5-13)23-15-8-9-17-22-12(2)24-25(17)11-15/h4-7,15-16,26H,3,8-11H2,1-2H3,(H2,20,21,23). The average molecular weight is 377 g/mol. The summed E-state index contributed by atoms with van der Waals surface area (Å²) in [6, 6.07) is 7.41. The SMILES string of the molecule is CCNC(=NCC(O)c1ccc(Cl)cc1)NC1CCc2nc(C)nn2C1. The van der Waals surface area contributed by atoms with E-state index in [4.69, 9.17) is 11.6 Å². The highest BCUT2D eigenvalue weighted by molar-refractivity contribution is 6.30. The van der Waals surface area contributed by atoms with Gasteiger partial charge in [-0.2, -0.15) is 5.10 Å². The third-order valence-electron chi connectivity index (χ3n) is 4.33. The van der Waals surface area contributed by atoms with Gasteiger partial charge in [0.2, 0.25) is 0 Å². The number of hydrogen-bond acceptors (Lipinski definition) is 4. The smallest absolute Gasteiger partial charge is 0.191 e. The highest BCUT2D eigenvalue weighted by Gasteiger charge is 2.21. The van der Waals surface area contributed by atoms with Crippen molar-refractivity contribution >= 4 is 17.6 Å². The van der Waals surface area contributed by atoms with E-state index >= 15 is 0 Å². The average Bonchev–Trinajstić information content (AvgIpc) is 2.99. The van der Waals surface area contributed by atoms with Crippen LogP contribution in [0.2, 0.25) is 5.02 Å². The molecule has 0 fully saturated rings. The Morgan fingerprint density at radius 2 is 2.19 bits per heavy atom. The van der Waals surface area contributed by atoms with Crippen LogP contribution in [0.5, 0.6) is 0 Å². The topological polar surface area (TPSA) is 87.4 Å². The van der Waals surface area contributed by atoms with E-state index < -0.39 is 6.10 Å². The van der Waals surface area contributed by atoms with Crippen LogP contribution in [0, 0.1) is 6.92 Å². The van der Waals surface area contributed by atoms with Crippen molar-refractivity contribution in [3.63, 3.8) is 0 Å². The molecule has 0 saturated heterocycles. The number of aliphatic imine (C=N–C) groups is 1. The molecule has 1 aromatic carbocycles. The first-order valence-corrected chi connectivity index (χ1v) is 9.31. The van der Waals surface area contributed by atoms with Gasteiger partial charge in [0, 0.05) is 24.0 Å². The molecule has 2 aromatic rings. The number of fused-ring (bicyclic) bond motifs is 1. The quantitative estimate of drug-likeness (QED) is 0.547. The van der Waals surface area contributed by atoms with Crippen molar-refractivity contribution in [3.8, 4) is 0 Å². The molecule has 140 valence electrons. The third-order valence-corrected chi connectivity index (χ3v) is 4.58. The van der Waals surface area contributed by atoms with E-state index in [0.717, 1.165) is 43.1 Å². The Bertz CT molecular complexity index is 758. The lowest BCUT2D eigenvalue weighted by molar-refractivity contribution is 0.187. The van der Waals surface area contributed by atoms with E-state index in [1.54, 1.807) is 12.1 Å². The van der Waals surface area contributed by atoms with Crippen LogP contribution in [0.1, 0.15) is 36.7 Å². The van der Waals surface area contributed by atoms with Crippen LogP contribution in [-0.2, 0) is 13.0 Å². The lowest BCUT2D eigenvalue weighted by atomic mass is 10.1. The zero-order valence-electron chi connectivity index (χ0n) is 15.1. The van der Waals surface area contributed by atoms with Gasteiger partial charge in [0.1, 0.15) is 11.6 Å². The molecule has 1 aromatic heterocycles. The molecule has 26 heavy (non-hydrogen) atoms. The summed E-state index contributed by atoms with van der Waals surface area (Å²) in [5, 5.41) is 22.1. The van der Waals surface area contributed by atoms with Crippen LogP contribution in [0.3, 0.4) is 0 Å². The number of benzene rings is 1. The molecule has 2 atom stereocenters. The second kappa shape index (κ2) is 8.51. The van der Waals surface area contributed by atoms with E-state index in [1.165, 1.54) is 0 Å². The van der Waals surface area contributed by atoms with Gasteiger partial charge in [-0.05, 0) is 38.0 Å². The summed E-state index contributed by atoms with van der Waals surface area (Å²) in [6.45, 7) is 5.73. The van der Waals surface area contributed by atoms with Gasteiger partial charge in [0.25, 0.3) is 0 Å². The Labute approximate surface area is 158 Å². The molecule has 0 amide bonds. The predicted octanol–water partition coefficient (Wildman–Crippen LogP) is 1.84. The van der Waals surface area contributed by atoms with Gasteiger partial charge >= 0.3 is 0 Å². The van der Waals surface area contributed by atoms with Crippen molar-refractivity contribution in [2.45, 2.75) is 45.4 Å². The first-order valence-electron chi connectivity index (χ1n) is 8.94. The first kappa shape index (κ1) is 18.7. The van der Waals surface area contributed by atoms with Gasteiger partial charge in [-0.25, -0.2) is 9.67 Å². The molecule has 0 bridgehead atoms. The Hall–Kier alpha value is -2.12. The maximum atomic E-state index is 10.3. The van der Waals surface area contributed by atoms with E-state index in [0.29, 0.717) is 11.0 Å². The molecule has 0 spiro atoms. The van der Waals surface area contributed by atoms with Crippen LogP contribution in [0.25, 0.3) is 0 Å². The number of halogens is 1. The van der Waals surface area contributed by atoms with Gasteiger partial charge in [0.05, 0.1) is 19.2 Å². The normalized spacial score (nSPS) is 18.3. The Morgan fingerprint density at radius 3 is 2.92 bits per heavy atom. The maximum absolute atomic E-state index is 10.3. The fourth-order valence-corrected chi connectivity index (χ4v) is 3.16. The summed E-state index contributed by atoms with van der Waals surface area (Å²) in [5.41, 5.74) is 0.800. The van der Waals surface area contributed by atoms with Crippen LogP contribution >= 0.6 is 11.6 Å². The fourth-order valence-electron chi connectivity index (χ4n) is 3.03. The van der Waals surface area contributed by atoms with Gasteiger partial charge in [-0.3, -0.25) is 4.99 Å². The van der Waals surface area contributed by atoms with Crippen molar-refractivity contribution in [1.29, 1.82) is 0 Å². The Kier molecular flexibility index (Phi) is 6.11. The molecule has 0 radical (unpaired) electrons. The molecular formula is C18H25ClN6O. The summed E-state index contributed by atoms with van der Waals surface area (Å²) in [4.78, 5) is 8.97. The zero-order chi connectivity index (χ0) is 18.5. The van der Waals surface area contributed by atoms with Gasteiger partial charge in [0.15, 0.2) is 5.96 Å². The molecule has 2 unspecified atom stereocenters. The number of aryl methyl sites for hydroxylation is 2. The van der Waals surface area contributed by atoms with Crippen molar-refractivity contribution in [2.24, 2.45) is 4.99 Å². The summed E-state index contributed by atoms with van der Waals surface area (Å²) in [5.74, 6) is 2.55. The van der Waals surface area contributed by atoms with Gasteiger partial charge in [-0.15, -0.1) is 0 Å². The van der Waals surface area contributed by atoms with Crippen LogP contribution in [-0.4, -0.2) is 45.0 Å². The monoisotopic (exact) mass is 376 g/mol. The number of aliphatic hydroxyl groups excluding tert-OH is 1. The number of nitrogens with one attached hydrogen (secondary N) is 2. The van der Waals surface area contributed by atoms with Gasteiger partial charge < -0.3 is 15.7 Å². The predicted molar refractivity (Wildman–Crippen MR) is 102 cm³/mol. The highest BCUT2D eigenvalue weighted by Crippen LogP contribution is 2.17. The lowest BCUT2D eigenvalue weighted by Crippen LogP contribution is -2.47. The minimum atomic E-state index is -0.668. The van der Waals surface area contributed by atoms with E-state index in [2.05, 4.69) is 25.7 Å². The van der Waals surface area contributed by atoms with Crippen molar-refractivity contribution in [1.82, 2.24) is 25.4 Å². The largest absolute Gasteiger partial charge is 0.386 e. The minimum absolute atomic E-state index is 0.231. The first-order chi connectivity index (χ1) is 12.5. The molecular weight excluding hydrogens is 352 g/mol. The molecule has 0 aliphatic carbocycles. The van der Waals surface area contributed by atoms with E-state index in [-0.39, 0.29) is 12.6 Å². The number of aliphatic hydroxyl groups is 1. The second-order valence-electron chi connectivity index (χ2n) is 6.42. The minimum Gasteiger partial charge on any atom is -0.386 e. The molecule has 3 N–H and O–H groups in total. The summed E-state index contributed by atoms with van der Waals surface area (Å²) < 4.78 is 1.96. The molecule has 7 nitrogen and oxygen atoms in total. The number of aromatic nitrogens is 3. The molecule has 1 aliphatic heterocycles. The summed E-state index contributed by atoms with van der Waals surface area (Å²) >= 11 is 5.89. The van der Waals surface area contributed by atoms with E-state index in [9.17, 15) is 5.11 Å². The zero-order valence-corrected chi connectivity index (χ0v) is 15.9. The Morgan fingerprint density at radius 1 is 1.42 bits per heavy atom. The van der Waals surface area contributed by atoms with Crippen LogP contribution in [0.4, 0.5) is 0 Å².